The average molecular weight is 364 g/mol. The molecule has 1 aromatic heterocycles. The Morgan fingerprint density at radius 3 is 2.04 bits per heavy atom. The van der Waals surface area contributed by atoms with Crippen LogP contribution < -0.4 is 5.32 Å². The quantitative estimate of drug-likeness (QED) is 0.761. The lowest BCUT2D eigenvalue weighted by molar-refractivity contribution is -0.132. The molecule has 1 aromatic rings. The number of aromatic nitrogens is 2. The molecule has 1 aliphatic heterocycles. The third-order valence-electron chi connectivity index (χ3n) is 5.08. The Hall–Kier alpha value is -1.93. The van der Waals surface area contributed by atoms with Crippen molar-refractivity contribution in [2.75, 3.05) is 57.7 Å². The molecule has 0 radical (unpaired) electrons. The standard InChI is InChI=1S/C18H32N6O2/c1-6-24(7-2)17(26)13-23-10-8-22(9-11-23)12-16(25)19-18-14(3)20-21(5)15(18)4/h6-13H2,1-5H3,(H,19,25). The van der Waals surface area contributed by atoms with Crippen LogP contribution in [0.2, 0.25) is 0 Å². The van der Waals surface area contributed by atoms with Crippen LogP contribution in [0.25, 0.3) is 0 Å². The first kappa shape index (κ1) is 20.4. The van der Waals surface area contributed by atoms with Gasteiger partial charge in [0.15, 0.2) is 0 Å². The number of hydrogen-bond acceptors (Lipinski definition) is 5. The van der Waals surface area contributed by atoms with Crippen LogP contribution in [-0.4, -0.2) is 88.7 Å². The minimum atomic E-state index is -0.0168. The van der Waals surface area contributed by atoms with Gasteiger partial charge in [-0.3, -0.25) is 24.1 Å². The fraction of sp³-hybridized carbons (Fsp3) is 0.722. The number of carbonyl (C=O) groups excluding carboxylic acids is 2. The van der Waals surface area contributed by atoms with Crippen molar-refractivity contribution < 1.29 is 9.59 Å². The number of aryl methyl sites for hydroxylation is 2. The maximum atomic E-state index is 12.4. The Labute approximate surface area is 156 Å². The molecule has 146 valence electrons. The highest BCUT2D eigenvalue weighted by Gasteiger charge is 2.22. The number of likely N-dealkylation sites (N-methyl/N-ethyl adjacent to an activating group) is 1. The van der Waals surface area contributed by atoms with Gasteiger partial charge in [-0.05, 0) is 27.7 Å². The number of anilines is 1. The number of rotatable bonds is 7. The summed E-state index contributed by atoms with van der Waals surface area (Å²) in [5.74, 6) is 0.167. The van der Waals surface area contributed by atoms with Crippen LogP contribution in [0.15, 0.2) is 0 Å². The van der Waals surface area contributed by atoms with Crippen LogP contribution in [0.3, 0.4) is 0 Å². The Bertz CT molecular complexity index is 630. The summed E-state index contributed by atoms with van der Waals surface area (Å²) >= 11 is 0. The molecule has 0 atom stereocenters. The summed E-state index contributed by atoms with van der Waals surface area (Å²) in [5, 5.41) is 7.30. The van der Waals surface area contributed by atoms with Crippen molar-refractivity contribution in [3.8, 4) is 0 Å². The fourth-order valence-corrected chi connectivity index (χ4v) is 3.31. The maximum Gasteiger partial charge on any atom is 0.238 e. The first-order valence-corrected chi connectivity index (χ1v) is 9.38. The van der Waals surface area contributed by atoms with E-state index in [0.717, 1.165) is 56.3 Å². The second-order valence-corrected chi connectivity index (χ2v) is 6.84. The van der Waals surface area contributed by atoms with Gasteiger partial charge >= 0.3 is 0 Å². The Morgan fingerprint density at radius 2 is 1.58 bits per heavy atom. The van der Waals surface area contributed by atoms with Gasteiger partial charge in [-0.15, -0.1) is 0 Å². The second kappa shape index (κ2) is 9.14. The van der Waals surface area contributed by atoms with Gasteiger partial charge in [-0.25, -0.2) is 0 Å². The minimum absolute atomic E-state index is 0.0168. The second-order valence-electron chi connectivity index (χ2n) is 6.84. The molecule has 1 saturated heterocycles. The van der Waals surface area contributed by atoms with Crippen LogP contribution in [0.5, 0.6) is 0 Å². The van der Waals surface area contributed by atoms with Gasteiger partial charge in [0.25, 0.3) is 0 Å². The lowest BCUT2D eigenvalue weighted by Gasteiger charge is -2.34. The molecule has 0 spiro atoms. The minimum Gasteiger partial charge on any atom is -0.342 e. The smallest absolute Gasteiger partial charge is 0.238 e. The van der Waals surface area contributed by atoms with E-state index in [0.29, 0.717) is 13.1 Å². The molecule has 0 aliphatic carbocycles. The number of amides is 2. The normalized spacial score (nSPS) is 15.9. The van der Waals surface area contributed by atoms with Crippen LogP contribution in [-0.2, 0) is 16.6 Å². The van der Waals surface area contributed by atoms with Crippen molar-refractivity contribution in [1.82, 2.24) is 24.5 Å². The summed E-state index contributed by atoms with van der Waals surface area (Å²) in [6.45, 7) is 13.4. The predicted molar refractivity (Wildman–Crippen MR) is 102 cm³/mol. The molecule has 1 aliphatic rings. The zero-order valence-corrected chi connectivity index (χ0v) is 16.7. The van der Waals surface area contributed by atoms with Crippen molar-refractivity contribution in [3.63, 3.8) is 0 Å². The molecule has 8 heteroatoms. The van der Waals surface area contributed by atoms with Crippen LogP contribution >= 0.6 is 0 Å². The van der Waals surface area contributed by atoms with E-state index < -0.39 is 0 Å². The lowest BCUT2D eigenvalue weighted by Crippen LogP contribution is -2.51. The Kier molecular flexibility index (Phi) is 7.16. The van der Waals surface area contributed by atoms with Gasteiger partial charge in [0.05, 0.1) is 30.2 Å². The van der Waals surface area contributed by atoms with Crippen molar-refractivity contribution in [1.29, 1.82) is 0 Å². The van der Waals surface area contributed by atoms with E-state index in [2.05, 4.69) is 20.2 Å². The molecule has 0 bridgehead atoms. The zero-order chi connectivity index (χ0) is 19.3. The Morgan fingerprint density at radius 1 is 1.04 bits per heavy atom. The van der Waals surface area contributed by atoms with E-state index in [-0.39, 0.29) is 11.8 Å². The first-order chi connectivity index (χ1) is 12.3. The summed E-state index contributed by atoms with van der Waals surface area (Å²) < 4.78 is 1.77. The fourth-order valence-electron chi connectivity index (χ4n) is 3.31. The molecule has 8 nitrogen and oxygen atoms in total. The van der Waals surface area contributed by atoms with E-state index in [1.165, 1.54) is 0 Å². The molecule has 26 heavy (non-hydrogen) atoms. The predicted octanol–water partition coefficient (Wildman–Crippen LogP) is 0.461. The number of piperazine rings is 1. The molecule has 2 rings (SSSR count). The van der Waals surface area contributed by atoms with E-state index >= 15 is 0 Å². The Balaban J connectivity index is 1.78. The van der Waals surface area contributed by atoms with Gasteiger partial charge < -0.3 is 10.2 Å². The van der Waals surface area contributed by atoms with Crippen LogP contribution in [0.1, 0.15) is 25.2 Å². The van der Waals surface area contributed by atoms with Crippen molar-refractivity contribution in [3.05, 3.63) is 11.4 Å². The number of nitrogens with one attached hydrogen (secondary N) is 1. The molecule has 1 N–H and O–H groups in total. The van der Waals surface area contributed by atoms with Gasteiger partial charge in [0.1, 0.15) is 0 Å². The van der Waals surface area contributed by atoms with Gasteiger partial charge in [0, 0.05) is 46.3 Å². The highest BCUT2D eigenvalue weighted by molar-refractivity contribution is 5.93. The van der Waals surface area contributed by atoms with E-state index in [1.54, 1.807) is 4.68 Å². The molecule has 2 amide bonds. The summed E-state index contributed by atoms with van der Waals surface area (Å²) in [6.07, 6.45) is 0. The summed E-state index contributed by atoms with van der Waals surface area (Å²) in [7, 11) is 1.87. The molecule has 0 unspecified atom stereocenters. The van der Waals surface area contributed by atoms with Crippen molar-refractivity contribution in [2.24, 2.45) is 7.05 Å². The largest absolute Gasteiger partial charge is 0.342 e. The molecule has 2 heterocycles. The van der Waals surface area contributed by atoms with E-state index in [9.17, 15) is 9.59 Å². The SMILES string of the molecule is CCN(CC)C(=O)CN1CCN(CC(=O)Nc2c(C)nn(C)c2C)CC1. The highest BCUT2D eigenvalue weighted by atomic mass is 16.2. The third kappa shape index (κ3) is 5.04. The number of nitrogens with zero attached hydrogens (tertiary/aromatic N) is 5. The van der Waals surface area contributed by atoms with Crippen molar-refractivity contribution >= 4 is 17.5 Å². The lowest BCUT2D eigenvalue weighted by atomic mass is 10.2. The topological polar surface area (TPSA) is 73.7 Å². The van der Waals surface area contributed by atoms with E-state index in [4.69, 9.17) is 0 Å². The maximum absolute atomic E-state index is 12.4. The van der Waals surface area contributed by atoms with Gasteiger partial charge in [0.2, 0.25) is 11.8 Å². The summed E-state index contributed by atoms with van der Waals surface area (Å²) in [5.41, 5.74) is 2.59. The van der Waals surface area contributed by atoms with Crippen LogP contribution in [0.4, 0.5) is 5.69 Å². The summed E-state index contributed by atoms with van der Waals surface area (Å²) in [4.78, 5) is 30.7. The van der Waals surface area contributed by atoms with Gasteiger partial charge in [-0.2, -0.15) is 5.10 Å². The third-order valence-corrected chi connectivity index (χ3v) is 5.08. The summed E-state index contributed by atoms with van der Waals surface area (Å²) in [6, 6.07) is 0. The number of hydrogen-bond donors (Lipinski definition) is 1. The molecular weight excluding hydrogens is 332 g/mol. The number of carbonyl (C=O) groups is 2. The zero-order valence-electron chi connectivity index (χ0n) is 16.7. The van der Waals surface area contributed by atoms with Crippen molar-refractivity contribution in [2.45, 2.75) is 27.7 Å². The van der Waals surface area contributed by atoms with E-state index in [1.807, 2.05) is 39.6 Å². The monoisotopic (exact) mass is 364 g/mol. The molecule has 0 aromatic carbocycles. The molecule has 0 saturated carbocycles. The highest BCUT2D eigenvalue weighted by Crippen LogP contribution is 2.18. The average Bonchev–Trinajstić information content (AvgIpc) is 2.84. The van der Waals surface area contributed by atoms with Gasteiger partial charge in [-0.1, -0.05) is 0 Å². The van der Waals surface area contributed by atoms with Crippen LogP contribution in [0, 0.1) is 13.8 Å². The first-order valence-electron chi connectivity index (χ1n) is 9.38. The molecular formula is C18H32N6O2. The molecule has 1 fully saturated rings.